The van der Waals surface area contributed by atoms with Gasteiger partial charge in [0.05, 0.1) is 17.0 Å². The van der Waals surface area contributed by atoms with Gasteiger partial charge < -0.3 is 4.74 Å². The van der Waals surface area contributed by atoms with Gasteiger partial charge in [0.2, 0.25) is 0 Å². The Morgan fingerprint density at radius 3 is 2.62 bits per heavy atom. The number of hydrogen-bond acceptors (Lipinski definition) is 3. The number of thiazole rings is 1. The van der Waals surface area contributed by atoms with Crippen LogP contribution in [0.1, 0.15) is 18.4 Å². The van der Waals surface area contributed by atoms with Gasteiger partial charge in [-0.3, -0.25) is 0 Å². The summed E-state index contributed by atoms with van der Waals surface area (Å²) in [5.41, 5.74) is 1.21. The molecular formula is C13H15NOS. The predicted octanol–water partition coefficient (Wildman–Crippen LogP) is 3.77. The lowest BCUT2D eigenvalue weighted by Gasteiger charge is -2.00. The summed E-state index contributed by atoms with van der Waals surface area (Å²) in [6, 6.07) is 8.10. The first-order valence-electron chi connectivity index (χ1n) is 5.42. The van der Waals surface area contributed by atoms with E-state index in [-0.39, 0.29) is 0 Å². The monoisotopic (exact) mass is 233 g/mol. The first-order valence-corrected chi connectivity index (χ1v) is 6.24. The van der Waals surface area contributed by atoms with E-state index in [2.05, 4.69) is 24.0 Å². The summed E-state index contributed by atoms with van der Waals surface area (Å²) in [6.07, 6.45) is 4.17. The molecule has 16 heavy (non-hydrogen) atoms. The molecule has 0 saturated heterocycles. The largest absolute Gasteiger partial charge is 0.497 e. The number of ether oxygens (including phenoxy) is 1. The molecule has 0 amide bonds. The molecule has 2 rings (SSSR count). The van der Waals surface area contributed by atoms with Gasteiger partial charge in [0.25, 0.3) is 0 Å². The second kappa shape index (κ2) is 5.12. The molecule has 0 aliphatic carbocycles. The van der Waals surface area contributed by atoms with E-state index in [0.717, 1.165) is 18.6 Å². The fraction of sp³-hybridized carbons (Fsp3) is 0.308. The Morgan fingerprint density at radius 1 is 1.25 bits per heavy atom. The summed E-state index contributed by atoms with van der Waals surface area (Å²) >= 11 is 1.77. The van der Waals surface area contributed by atoms with Crippen LogP contribution in [0.4, 0.5) is 0 Å². The molecule has 0 aliphatic heterocycles. The molecule has 1 aromatic carbocycles. The van der Waals surface area contributed by atoms with Crippen LogP contribution >= 0.6 is 11.3 Å². The van der Waals surface area contributed by atoms with Crippen molar-refractivity contribution in [3.8, 4) is 16.2 Å². The summed E-state index contributed by atoms with van der Waals surface area (Å²) in [7, 11) is 1.68. The average Bonchev–Trinajstić information content (AvgIpc) is 2.78. The Hall–Kier alpha value is -1.35. The predicted molar refractivity (Wildman–Crippen MR) is 68.1 cm³/mol. The SMILES string of the molecule is CCCc1ncc(-c2ccc(OC)cc2)s1. The molecular weight excluding hydrogens is 218 g/mol. The smallest absolute Gasteiger partial charge is 0.118 e. The van der Waals surface area contributed by atoms with Crippen LogP contribution in [0.2, 0.25) is 0 Å². The van der Waals surface area contributed by atoms with E-state index in [1.165, 1.54) is 15.4 Å². The lowest BCUT2D eigenvalue weighted by atomic mass is 10.2. The van der Waals surface area contributed by atoms with E-state index in [1.54, 1.807) is 18.4 Å². The highest BCUT2D eigenvalue weighted by atomic mass is 32.1. The highest BCUT2D eigenvalue weighted by Gasteiger charge is 2.03. The van der Waals surface area contributed by atoms with Gasteiger partial charge in [-0.1, -0.05) is 6.92 Å². The number of benzene rings is 1. The van der Waals surface area contributed by atoms with Crippen molar-refractivity contribution >= 4 is 11.3 Å². The number of rotatable bonds is 4. The molecule has 0 fully saturated rings. The molecule has 0 unspecified atom stereocenters. The van der Waals surface area contributed by atoms with Gasteiger partial charge in [-0.25, -0.2) is 4.98 Å². The third-order valence-corrected chi connectivity index (χ3v) is 3.50. The molecule has 0 atom stereocenters. The summed E-state index contributed by atoms with van der Waals surface area (Å²) in [5, 5.41) is 1.22. The van der Waals surface area contributed by atoms with Gasteiger partial charge in [-0.15, -0.1) is 11.3 Å². The van der Waals surface area contributed by atoms with Crippen LogP contribution in [0.25, 0.3) is 10.4 Å². The van der Waals surface area contributed by atoms with Crippen LogP contribution in [0, 0.1) is 0 Å². The van der Waals surface area contributed by atoms with Gasteiger partial charge in [0.1, 0.15) is 5.75 Å². The molecule has 84 valence electrons. The molecule has 1 aromatic heterocycles. The van der Waals surface area contributed by atoms with Crippen molar-refractivity contribution in [2.24, 2.45) is 0 Å². The minimum atomic E-state index is 0.891. The Balaban J connectivity index is 2.21. The van der Waals surface area contributed by atoms with E-state index in [1.807, 2.05) is 18.3 Å². The first kappa shape index (κ1) is 11.1. The molecule has 1 heterocycles. The van der Waals surface area contributed by atoms with Gasteiger partial charge >= 0.3 is 0 Å². The zero-order chi connectivity index (χ0) is 11.4. The summed E-state index contributed by atoms with van der Waals surface area (Å²) in [6.45, 7) is 2.18. The van der Waals surface area contributed by atoms with Crippen molar-refractivity contribution in [3.05, 3.63) is 35.5 Å². The Labute approximate surface area is 99.9 Å². The Morgan fingerprint density at radius 2 is 2.00 bits per heavy atom. The third kappa shape index (κ3) is 2.42. The minimum Gasteiger partial charge on any atom is -0.497 e. The zero-order valence-corrected chi connectivity index (χ0v) is 10.4. The van der Waals surface area contributed by atoms with Gasteiger partial charge in [0.15, 0.2) is 0 Å². The summed E-state index contributed by atoms with van der Waals surface area (Å²) in [4.78, 5) is 5.64. The summed E-state index contributed by atoms with van der Waals surface area (Å²) < 4.78 is 5.14. The fourth-order valence-electron chi connectivity index (χ4n) is 1.53. The topological polar surface area (TPSA) is 22.1 Å². The standard InChI is InChI=1S/C13H15NOS/c1-3-4-13-14-9-12(16-13)10-5-7-11(15-2)8-6-10/h5-9H,3-4H2,1-2H3. The Kier molecular flexibility index (Phi) is 3.57. The maximum atomic E-state index is 5.14. The molecule has 0 aliphatic rings. The normalized spacial score (nSPS) is 10.4. The molecule has 2 aromatic rings. The van der Waals surface area contributed by atoms with Crippen molar-refractivity contribution < 1.29 is 4.74 Å². The van der Waals surface area contributed by atoms with E-state index in [4.69, 9.17) is 4.74 Å². The first-order chi connectivity index (χ1) is 7.83. The fourth-order valence-corrected chi connectivity index (χ4v) is 2.55. The van der Waals surface area contributed by atoms with Crippen LogP contribution in [0.5, 0.6) is 5.75 Å². The highest BCUT2D eigenvalue weighted by Crippen LogP contribution is 2.28. The number of nitrogens with zero attached hydrogens (tertiary/aromatic N) is 1. The van der Waals surface area contributed by atoms with Crippen molar-refractivity contribution in [2.75, 3.05) is 7.11 Å². The number of aromatic nitrogens is 1. The molecule has 2 nitrogen and oxygen atoms in total. The van der Waals surface area contributed by atoms with Crippen LogP contribution in [0.15, 0.2) is 30.5 Å². The van der Waals surface area contributed by atoms with Crippen molar-refractivity contribution in [2.45, 2.75) is 19.8 Å². The number of aryl methyl sites for hydroxylation is 1. The number of hydrogen-bond donors (Lipinski definition) is 0. The second-order valence-electron chi connectivity index (χ2n) is 3.60. The molecule has 0 saturated carbocycles. The molecule has 0 N–H and O–H groups in total. The van der Waals surface area contributed by atoms with Crippen LogP contribution < -0.4 is 4.74 Å². The van der Waals surface area contributed by atoms with Crippen LogP contribution in [-0.4, -0.2) is 12.1 Å². The van der Waals surface area contributed by atoms with Crippen LogP contribution in [0.3, 0.4) is 0 Å². The van der Waals surface area contributed by atoms with Crippen LogP contribution in [-0.2, 0) is 6.42 Å². The number of methoxy groups -OCH3 is 1. The zero-order valence-electron chi connectivity index (χ0n) is 9.56. The maximum Gasteiger partial charge on any atom is 0.118 e. The van der Waals surface area contributed by atoms with E-state index in [9.17, 15) is 0 Å². The van der Waals surface area contributed by atoms with Gasteiger partial charge in [-0.05, 0) is 42.7 Å². The molecule has 0 radical (unpaired) electrons. The highest BCUT2D eigenvalue weighted by molar-refractivity contribution is 7.15. The maximum absolute atomic E-state index is 5.14. The Bertz CT molecular complexity index is 447. The van der Waals surface area contributed by atoms with Crippen molar-refractivity contribution in [1.29, 1.82) is 0 Å². The van der Waals surface area contributed by atoms with E-state index >= 15 is 0 Å². The molecule has 0 spiro atoms. The van der Waals surface area contributed by atoms with Gasteiger partial charge in [-0.2, -0.15) is 0 Å². The van der Waals surface area contributed by atoms with E-state index in [0.29, 0.717) is 0 Å². The average molecular weight is 233 g/mol. The van der Waals surface area contributed by atoms with E-state index < -0.39 is 0 Å². The quantitative estimate of drug-likeness (QED) is 0.802. The lowest BCUT2D eigenvalue weighted by molar-refractivity contribution is 0.415. The van der Waals surface area contributed by atoms with Crippen molar-refractivity contribution in [3.63, 3.8) is 0 Å². The van der Waals surface area contributed by atoms with Gasteiger partial charge in [0, 0.05) is 6.20 Å². The second-order valence-corrected chi connectivity index (χ2v) is 4.71. The summed E-state index contributed by atoms with van der Waals surface area (Å²) in [5.74, 6) is 0.891. The molecule has 3 heteroatoms. The molecule has 0 bridgehead atoms. The third-order valence-electron chi connectivity index (χ3n) is 2.39. The van der Waals surface area contributed by atoms with Crippen molar-refractivity contribution in [1.82, 2.24) is 4.98 Å². The lowest BCUT2D eigenvalue weighted by Crippen LogP contribution is -1.81. The minimum absolute atomic E-state index is 0.891.